The van der Waals surface area contributed by atoms with Gasteiger partial charge in [0.05, 0.1) is 12.6 Å². The molecule has 8 nitrogen and oxygen atoms in total. The topological polar surface area (TPSA) is 129 Å². The summed E-state index contributed by atoms with van der Waals surface area (Å²) < 4.78 is 1.29. The van der Waals surface area contributed by atoms with Crippen LogP contribution in [0.4, 0.5) is 5.82 Å². The molecule has 0 saturated heterocycles. The summed E-state index contributed by atoms with van der Waals surface area (Å²) in [7, 11) is 0. The van der Waals surface area contributed by atoms with Crippen molar-refractivity contribution >= 4 is 17.7 Å². The Hall–Kier alpha value is -3.16. The van der Waals surface area contributed by atoms with Gasteiger partial charge in [0.2, 0.25) is 5.91 Å². The van der Waals surface area contributed by atoms with Crippen LogP contribution < -0.4 is 21.3 Å². The highest BCUT2D eigenvalue weighted by molar-refractivity contribution is 5.83. The summed E-state index contributed by atoms with van der Waals surface area (Å²) in [5, 5.41) is 11.7. The largest absolute Gasteiger partial charge is 0.497 e. The minimum absolute atomic E-state index is 0.0176. The number of carboxylic acid groups (broad SMARTS) is 1. The van der Waals surface area contributed by atoms with Gasteiger partial charge in [-0.1, -0.05) is 30.3 Å². The molecule has 8 heteroatoms. The summed E-state index contributed by atoms with van der Waals surface area (Å²) in [6.07, 6.45) is 1.65. The lowest BCUT2D eigenvalue weighted by Crippen LogP contribution is -2.52. The summed E-state index contributed by atoms with van der Waals surface area (Å²) in [5.41, 5.74) is 5.83. The van der Waals surface area contributed by atoms with Crippen molar-refractivity contribution in [2.75, 3.05) is 5.73 Å². The fraction of sp³-hybridized carbons (Fsp3) is 0.250. The number of nitrogens with two attached hydrogens (primary N) is 1. The first-order valence-corrected chi connectivity index (χ1v) is 7.40. The second-order valence-electron chi connectivity index (χ2n) is 5.29. The van der Waals surface area contributed by atoms with Crippen molar-refractivity contribution < 1.29 is 19.3 Å². The van der Waals surface area contributed by atoms with E-state index < -0.39 is 23.6 Å². The molecule has 126 valence electrons. The van der Waals surface area contributed by atoms with Crippen LogP contribution in [0.15, 0.2) is 47.4 Å². The zero-order chi connectivity index (χ0) is 17.5. The molecule has 1 heterocycles. The molecule has 5 N–H and O–H groups in total. The van der Waals surface area contributed by atoms with E-state index in [1.807, 2.05) is 6.07 Å². The van der Waals surface area contributed by atoms with E-state index in [2.05, 4.69) is 10.3 Å². The third-order valence-corrected chi connectivity index (χ3v) is 3.44. The highest BCUT2D eigenvalue weighted by Gasteiger charge is 2.20. The molecule has 0 radical (unpaired) electrons. The molecule has 24 heavy (non-hydrogen) atoms. The average molecular weight is 331 g/mol. The highest BCUT2D eigenvalue weighted by Crippen LogP contribution is 2.03. The molecule has 0 saturated carbocycles. The maximum Gasteiger partial charge on any atom is 0.497 e. The van der Waals surface area contributed by atoms with E-state index in [0.29, 0.717) is 0 Å². The van der Waals surface area contributed by atoms with Crippen molar-refractivity contribution in [2.45, 2.75) is 25.4 Å². The van der Waals surface area contributed by atoms with Gasteiger partial charge < -0.3 is 16.2 Å². The number of benzene rings is 1. The number of aliphatic carboxylic acids is 1. The summed E-state index contributed by atoms with van der Waals surface area (Å²) in [5.74, 6) is -1.32. The minimum atomic E-state index is -1.11. The SMILES string of the molecule is Nc1cc[n+](CCC(=O)N[C@@H](Cc2ccccc2)C(=O)O)c(=O)[nH]1. The Morgan fingerprint density at radius 2 is 1.96 bits per heavy atom. The summed E-state index contributed by atoms with van der Waals surface area (Å²) in [6.45, 7) is 0.124. The number of aryl methyl sites for hydroxylation is 1. The zero-order valence-electron chi connectivity index (χ0n) is 12.9. The Balaban J connectivity index is 1.93. The van der Waals surface area contributed by atoms with Crippen molar-refractivity contribution in [1.82, 2.24) is 10.3 Å². The number of carboxylic acids is 1. The van der Waals surface area contributed by atoms with Gasteiger partial charge in [0.25, 0.3) is 0 Å². The fourth-order valence-electron chi connectivity index (χ4n) is 2.19. The lowest BCUT2D eigenvalue weighted by molar-refractivity contribution is -0.712. The molecule has 0 unspecified atom stereocenters. The number of rotatable bonds is 7. The van der Waals surface area contributed by atoms with E-state index in [4.69, 9.17) is 5.73 Å². The van der Waals surface area contributed by atoms with Crippen LogP contribution in [-0.4, -0.2) is 28.0 Å². The number of amides is 1. The Kier molecular flexibility index (Phi) is 5.67. The first-order chi connectivity index (χ1) is 11.5. The van der Waals surface area contributed by atoms with Gasteiger partial charge in [0.1, 0.15) is 12.6 Å². The summed E-state index contributed by atoms with van der Waals surface area (Å²) >= 11 is 0. The molecule has 1 aromatic carbocycles. The lowest BCUT2D eigenvalue weighted by Gasteiger charge is -2.14. The maximum absolute atomic E-state index is 12.0. The summed E-state index contributed by atoms with van der Waals surface area (Å²) in [4.78, 5) is 37.3. The number of hydrogen-bond acceptors (Lipinski definition) is 4. The van der Waals surface area contributed by atoms with Crippen LogP contribution in [0.2, 0.25) is 0 Å². The van der Waals surface area contributed by atoms with E-state index in [1.54, 1.807) is 24.3 Å². The number of aromatic amines is 1. The molecule has 0 aliphatic carbocycles. The van der Waals surface area contributed by atoms with Crippen LogP contribution in [0.5, 0.6) is 0 Å². The van der Waals surface area contributed by atoms with E-state index >= 15 is 0 Å². The highest BCUT2D eigenvalue weighted by atomic mass is 16.4. The molecule has 2 aromatic rings. The van der Waals surface area contributed by atoms with Gasteiger partial charge in [-0.15, -0.1) is 0 Å². The lowest BCUT2D eigenvalue weighted by atomic mass is 10.1. The van der Waals surface area contributed by atoms with E-state index in [-0.39, 0.29) is 25.2 Å². The molecular weight excluding hydrogens is 312 g/mol. The van der Waals surface area contributed by atoms with E-state index in [9.17, 15) is 19.5 Å². The van der Waals surface area contributed by atoms with Crippen LogP contribution in [0.25, 0.3) is 0 Å². The quantitative estimate of drug-likeness (QED) is 0.506. The van der Waals surface area contributed by atoms with Gasteiger partial charge in [-0.3, -0.25) is 4.79 Å². The predicted molar refractivity (Wildman–Crippen MR) is 86.0 cm³/mol. The first kappa shape index (κ1) is 17.2. The van der Waals surface area contributed by atoms with Crippen molar-refractivity contribution in [2.24, 2.45) is 0 Å². The minimum Gasteiger partial charge on any atom is -0.480 e. The van der Waals surface area contributed by atoms with Crippen molar-refractivity contribution in [3.8, 4) is 0 Å². The van der Waals surface area contributed by atoms with Gasteiger partial charge in [-0.05, 0) is 5.56 Å². The number of aromatic nitrogens is 2. The van der Waals surface area contributed by atoms with Crippen LogP contribution in [0.1, 0.15) is 12.0 Å². The number of nitrogen functional groups attached to an aromatic ring is 1. The Morgan fingerprint density at radius 1 is 1.25 bits per heavy atom. The molecule has 1 atom stereocenters. The number of carbonyl (C=O) groups excluding carboxylic acids is 1. The number of nitrogens with one attached hydrogen (secondary N) is 2. The maximum atomic E-state index is 12.0. The summed E-state index contributed by atoms with van der Waals surface area (Å²) in [6, 6.07) is 9.53. The van der Waals surface area contributed by atoms with Crippen LogP contribution >= 0.6 is 0 Å². The van der Waals surface area contributed by atoms with Gasteiger partial charge in [0.15, 0.2) is 5.82 Å². The van der Waals surface area contributed by atoms with Gasteiger partial charge in [-0.25, -0.2) is 4.79 Å². The van der Waals surface area contributed by atoms with Crippen LogP contribution in [0, 0.1) is 0 Å². The predicted octanol–water partition coefficient (Wildman–Crippen LogP) is -0.553. The Morgan fingerprint density at radius 3 is 2.58 bits per heavy atom. The average Bonchev–Trinajstić information content (AvgIpc) is 2.54. The number of carbonyl (C=O) groups is 2. The van der Waals surface area contributed by atoms with Crippen LogP contribution in [0.3, 0.4) is 0 Å². The van der Waals surface area contributed by atoms with Crippen molar-refractivity contribution in [3.05, 3.63) is 58.6 Å². The van der Waals surface area contributed by atoms with E-state index in [0.717, 1.165) is 5.56 Å². The standard InChI is InChI=1S/C16H18N4O4/c17-13-6-8-20(16(24)19-13)9-7-14(21)18-12(15(22)23)10-11-4-2-1-3-5-11/h1-6,8,12H,7,9-10H2,(H4,17,18,19,21,22,23,24)/p+1/t12-/m0/s1. The molecule has 0 aliphatic heterocycles. The molecule has 2 rings (SSSR count). The fourth-order valence-corrected chi connectivity index (χ4v) is 2.19. The Bertz CT molecular complexity index is 773. The normalized spacial score (nSPS) is 11.7. The molecule has 0 spiro atoms. The number of hydrogen-bond donors (Lipinski definition) is 4. The number of anilines is 1. The molecular formula is C16H19N4O4+. The van der Waals surface area contributed by atoms with Gasteiger partial charge >= 0.3 is 11.7 Å². The second kappa shape index (κ2) is 7.91. The third kappa shape index (κ3) is 4.94. The molecule has 1 amide bonds. The smallest absolute Gasteiger partial charge is 0.480 e. The molecule has 0 aliphatic rings. The van der Waals surface area contributed by atoms with Crippen molar-refractivity contribution in [3.63, 3.8) is 0 Å². The monoisotopic (exact) mass is 331 g/mol. The van der Waals surface area contributed by atoms with Crippen LogP contribution in [-0.2, 0) is 22.6 Å². The number of nitrogens with zero attached hydrogens (tertiary/aromatic N) is 1. The molecule has 0 bridgehead atoms. The van der Waals surface area contributed by atoms with Gasteiger partial charge in [0, 0.05) is 12.5 Å². The zero-order valence-corrected chi connectivity index (χ0v) is 12.9. The van der Waals surface area contributed by atoms with E-state index in [1.165, 1.54) is 16.8 Å². The number of H-pyrrole nitrogens is 1. The Labute approximate surface area is 137 Å². The third-order valence-electron chi connectivity index (χ3n) is 3.44. The first-order valence-electron chi connectivity index (χ1n) is 7.40. The van der Waals surface area contributed by atoms with Crippen molar-refractivity contribution in [1.29, 1.82) is 0 Å². The molecule has 0 fully saturated rings. The molecule has 1 aromatic heterocycles. The van der Waals surface area contributed by atoms with Gasteiger partial charge in [-0.2, -0.15) is 14.3 Å². The second-order valence-corrected chi connectivity index (χ2v) is 5.29.